The van der Waals surface area contributed by atoms with Crippen molar-refractivity contribution in [3.05, 3.63) is 24.0 Å². The maximum Gasteiger partial charge on any atom is 0.0825 e. The summed E-state index contributed by atoms with van der Waals surface area (Å²) < 4.78 is 0. The number of rotatable bonds is 6. The average molecular weight is 305 g/mol. The van der Waals surface area contributed by atoms with Crippen LogP contribution >= 0.6 is 0 Å². The second-order valence-electron chi connectivity index (χ2n) is 7.32. The third-order valence-corrected chi connectivity index (χ3v) is 4.58. The third-order valence-electron chi connectivity index (χ3n) is 4.58. The minimum atomic E-state index is -0.919. The fourth-order valence-electron chi connectivity index (χ4n) is 3.17. The van der Waals surface area contributed by atoms with Crippen molar-refractivity contribution in [2.75, 3.05) is 18.0 Å². The molecule has 0 bridgehead atoms. The maximum atomic E-state index is 10.7. The molecule has 1 aromatic heterocycles. The van der Waals surface area contributed by atoms with Gasteiger partial charge in [-0.2, -0.15) is 0 Å². The van der Waals surface area contributed by atoms with Gasteiger partial charge in [-0.1, -0.05) is 13.8 Å². The lowest BCUT2D eigenvalue weighted by molar-refractivity contribution is 0.0255. The van der Waals surface area contributed by atoms with Crippen LogP contribution < -0.4 is 10.6 Å². The highest BCUT2D eigenvalue weighted by Crippen LogP contribution is 2.24. The highest BCUT2D eigenvalue weighted by Gasteiger charge is 2.30. The normalized spacial score (nSPS) is 20.0. The summed E-state index contributed by atoms with van der Waals surface area (Å²) in [5.74, 6) is 0.481. The van der Waals surface area contributed by atoms with Gasteiger partial charge in [0.1, 0.15) is 0 Å². The van der Waals surface area contributed by atoms with Crippen LogP contribution in [0.25, 0.3) is 0 Å². The number of nitrogens with two attached hydrogens (primary N) is 1. The Kier molecular flexibility index (Phi) is 5.81. The van der Waals surface area contributed by atoms with Gasteiger partial charge in [-0.3, -0.25) is 4.98 Å². The van der Waals surface area contributed by atoms with Crippen molar-refractivity contribution >= 4 is 5.69 Å². The van der Waals surface area contributed by atoms with E-state index >= 15 is 0 Å². The predicted molar refractivity (Wildman–Crippen MR) is 92.1 cm³/mol. The number of anilines is 1. The fraction of sp³-hybridized carbons (Fsp3) is 0.722. The van der Waals surface area contributed by atoms with Gasteiger partial charge in [0.05, 0.1) is 5.60 Å². The van der Waals surface area contributed by atoms with E-state index in [2.05, 4.69) is 35.9 Å². The molecule has 1 aromatic rings. The van der Waals surface area contributed by atoms with Gasteiger partial charge in [0.15, 0.2) is 0 Å². The zero-order chi connectivity index (χ0) is 16.2. The molecular weight excluding hydrogens is 274 g/mol. The van der Waals surface area contributed by atoms with Crippen molar-refractivity contribution in [3.63, 3.8) is 0 Å². The quantitative estimate of drug-likeness (QED) is 0.848. The second-order valence-corrected chi connectivity index (χ2v) is 7.32. The highest BCUT2D eigenvalue weighted by atomic mass is 16.3. The molecule has 1 fully saturated rings. The molecular formula is C18H31N3O. The van der Waals surface area contributed by atoms with E-state index in [0.717, 1.165) is 25.2 Å². The molecule has 1 unspecified atom stereocenters. The van der Waals surface area contributed by atoms with Crippen LogP contribution in [-0.2, 0) is 6.42 Å². The lowest BCUT2D eigenvalue weighted by atomic mass is 9.86. The maximum absolute atomic E-state index is 10.7. The molecule has 0 radical (unpaired) electrons. The summed E-state index contributed by atoms with van der Waals surface area (Å²) in [4.78, 5) is 6.85. The number of aliphatic hydroxyl groups is 1. The number of aromatic nitrogens is 1. The Labute approximate surface area is 134 Å². The van der Waals surface area contributed by atoms with Crippen LogP contribution in [0.3, 0.4) is 0 Å². The van der Waals surface area contributed by atoms with E-state index in [1.165, 1.54) is 24.9 Å². The molecule has 1 aliphatic heterocycles. The lowest BCUT2D eigenvalue weighted by Crippen LogP contribution is -2.48. The summed E-state index contributed by atoms with van der Waals surface area (Å²) in [6.45, 7) is 8.32. The number of pyridine rings is 1. The van der Waals surface area contributed by atoms with Crippen molar-refractivity contribution in [1.29, 1.82) is 0 Å². The van der Waals surface area contributed by atoms with Crippen LogP contribution in [0.5, 0.6) is 0 Å². The molecule has 2 rings (SSSR count). The number of nitrogens with zero attached hydrogens (tertiary/aromatic N) is 2. The summed E-state index contributed by atoms with van der Waals surface area (Å²) in [7, 11) is 0. The highest BCUT2D eigenvalue weighted by molar-refractivity contribution is 5.47. The van der Waals surface area contributed by atoms with Crippen LogP contribution in [0.1, 0.15) is 52.1 Å². The summed E-state index contributed by atoms with van der Waals surface area (Å²) in [6, 6.07) is 3.95. The molecule has 2 atom stereocenters. The van der Waals surface area contributed by atoms with Gasteiger partial charge in [0.2, 0.25) is 0 Å². The first-order chi connectivity index (χ1) is 10.4. The Morgan fingerprint density at radius 2 is 2.00 bits per heavy atom. The van der Waals surface area contributed by atoms with Crippen molar-refractivity contribution in [1.82, 2.24) is 4.98 Å². The van der Waals surface area contributed by atoms with E-state index < -0.39 is 5.60 Å². The molecule has 1 saturated heterocycles. The molecule has 4 nitrogen and oxygen atoms in total. The van der Waals surface area contributed by atoms with Crippen LogP contribution in [-0.4, -0.2) is 34.8 Å². The Morgan fingerprint density at radius 3 is 2.64 bits per heavy atom. The lowest BCUT2D eigenvalue weighted by Gasteiger charge is -2.32. The molecule has 0 spiro atoms. The topological polar surface area (TPSA) is 62.4 Å². The van der Waals surface area contributed by atoms with Crippen LogP contribution in [0.2, 0.25) is 0 Å². The minimum absolute atomic E-state index is 0.229. The Morgan fingerprint density at radius 1 is 1.32 bits per heavy atom. The van der Waals surface area contributed by atoms with Crippen molar-refractivity contribution in [2.45, 2.75) is 64.5 Å². The largest absolute Gasteiger partial charge is 0.388 e. The summed E-state index contributed by atoms with van der Waals surface area (Å²) in [6.07, 6.45) is 7.02. The zero-order valence-corrected chi connectivity index (χ0v) is 14.3. The Balaban J connectivity index is 2.05. The molecule has 0 aliphatic carbocycles. The number of piperidine rings is 1. The van der Waals surface area contributed by atoms with E-state index in [9.17, 15) is 5.11 Å². The molecule has 1 aliphatic rings. The molecule has 0 amide bonds. The van der Waals surface area contributed by atoms with Crippen LogP contribution in [0.15, 0.2) is 18.3 Å². The molecule has 0 aromatic carbocycles. The predicted octanol–water partition coefficient (Wildman–Crippen LogP) is 2.74. The SMILES string of the molecule is CC(C)C[C@H](N)C(C)(O)Cc1cc(N2CCCCC2)ccn1. The fourth-order valence-corrected chi connectivity index (χ4v) is 3.17. The molecule has 22 heavy (non-hydrogen) atoms. The van der Waals surface area contributed by atoms with Gasteiger partial charge in [-0.15, -0.1) is 0 Å². The van der Waals surface area contributed by atoms with Crippen molar-refractivity contribution in [3.8, 4) is 0 Å². The molecule has 4 heteroatoms. The number of hydrogen-bond acceptors (Lipinski definition) is 4. The van der Waals surface area contributed by atoms with Gasteiger partial charge >= 0.3 is 0 Å². The van der Waals surface area contributed by atoms with E-state index in [-0.39, 0.29) is 6.04 Å². The molecule has 0 saturated carbocycles. The first-order valence-corrected chi connectivity index (χ1v) is 8.56. The van der Waals surface area contributed by atoms with E-state index in [4.69, 9.17) is 5.73 Å². The van der Waals surface area contributed by atoms with Crippen molar-refractivity contribution < 1.29 is 5.11 Å². The molecule has 3 N–H and O–H groups in total. The monoisotopic (exact) mass is 305 g/mol. The number of hydrogen-bond donors (Lipinski definition) is 2. The third kappa shape index (κ3) is 4.68. The second kappa shape index (κ2) is 7.42. The Bertz CT molecular complexity index is 467. The van der Waals surface area contributed by atoms with Crippen LogP contribution in [0.4, 0.5) is 5.69 Å². The van der Waals surface area contributed by atoms with Gasteiger partial charge in [-0.25, -0.2) is 0 Å². The van der Waals surface area contributed by atoms with E-state index in [0.29, 0.717) is 12.3 Å². The van der Waals surface area contributed by atoms with E-state index in [1.54, 1.807) is 0 Å². The first kappa shape index (κ1) is 17.2. The summed E-state index contributed by atoms with van der Waals surface area (Å²) in [5.41, 5.74) is 7.42. The van der Waals surface area contributed by atoms with Gasteiger partial charge in [0, 0.05) is 43.1 Å². The minimum Gasteiger partial charge on any atom is -0.388 e. The first-order valence-electron chi connectivity index (χ1n) is 8.56. The average Bonchev–Trinajstić information content (AvgIpc) is 2.47. The van der Waals surface area contributed by atoms with Gasteiger partial charge < -0.3 is 15.7 Å². The molecule has 124 valence electrons. The summed E-state index contributed by atoms with van der Waals surface area (Å²) >= 11 is 0. The Hall–Kier alpha value is -1.13. The van der Waals surface area contributed by atoms with Crippen molar-refractivity contribution in [2.24, 2.45) is 11.7 Å². The van der Waals surface area contributed by atoms with Crippen LogP contribution in [0, 0.1) is 5.92 Å². The summed E-state index contributed by atoms with van der Waals surface area (Å²) in [5, 5.41) is 10.7. The van der Waals surface area contributed by atoms with Gasteiger partial charge in [-0.05, 0) is 50.7 Å². The standard InChI is InChI=1S/C18H31N3O/c1-14(2)11-17(19)18(3,22)13-15-12-16(7-8-20-15)21-9-5-4-6-10-21/h7-8,12,14,17,22H,4-6,9-11,13,19H2,1-3H3/t17-,18?/m0/s1. The zero-order valence-electron chi connectivity index (χ0n) is 14.3. The van der Waals surface area contributed by atoms with Gasteiger partial charge in [0.25, 0.3) is 0 Å². The van der Waals surface area contributed by atoms with E-state index in [1.807, 2.05) is 13.1 Å². The molecule has 2 heterocycles. The smallest absolute Gasteiger partial charge is 0.0825 e.